The van der Waals surface area contributed by atoms with Crippen LogP contribution >= 0.6 is 23.4 Å². The predicted octanol–water partition coefficient (Wildman–Crippen LogP) is 4.97. The van der Waals surface area contributed by atoms with Crippen LogP contribution in [-0.4, -0.2) is 5.91 Å². The molecular weight excluding hydrogens is 290 g/mol. The average Bonchev–Trinajstić information content (AvgIpc) is 2.47. The first kappa shape index (κ1) is 14.7. The van der Waals surface area contributed by atoms with E-state index in [1.165, 1.54) is 11.8 Å². The van der Waals surface area contributed by atoms with E-state index in [1.807, 2.05) is 60.0 Å². The van der Waals surface area contributed by atoms with Crippen LogP contribution in [0.15, 0.2) is 70.5 Å². The SMILES string of the molecule is CC(=CSc1ccc(Cl)cc1)C(=O)Nc1ccccc1. The van der Waals surface area contributed by atoms with E-state index in [-0.39, 0.29) is 5.91 Å². The highest BCUT2D eigenvalue weighted by Gasteiger charge is 2.04. The standard InChI is InChI=1S/C16H14ClNOS/c1-12(11-20-15-9-7-13(17)8-10-15)16(19)18-14-5-3-2-4-6-14/h2-11H,1H3,(H,18,19). The number of benzene rings is 2. The van der Waals surface area contributed by atoms with E-state index in [2.05, 4.69) is 5.32 Å². The van der Waals surface area contributed by atoms with Gasteiger partial charge < -0.3 is 5.32 Å². The van der Waals surface area contributed by atoms with Gasteiger partial charge in [-0.2, -0.15) is 0 Å². The molecule has 0 atom stereocenters. The lowest BCUT2D eigenvalue weighted by atomic mass is 10.3. The smallest absolute Gasteiger partial charge is 0.251 e. The van der Waals surface area contributed by atoms with E-state index < -0.39 is 0 Å². The first-order valence-electron chi connectivity index (χ1n) is 6.10. The van der Waals surface area contributed by atoms with Gasteiger partial charge in [-0.05, 0) is 48.7 Å². The van der Waals surface area contributed by atoms with Crippen molar-refractivity contribution in [2.45, 2.75) is 11.8 Å². The quantitative estimate of drug-likeness (QED) is 0.638. The van der Waals surface area contributed by atoms with Gasteiger partial charge in [0, 0.05) is 21.2 Å². The molecular formula is C16H14ClNOS. The van der Waals surface area contributed by atoms with Gasteiger partial charge in [0.15, 0.2) is 0 Å². The highest BCUT2D eigenvalue weighted by Crippen LogP contribution is 2.22. The van der Waals surface area contributed by atoms with Crippen molar-refractivity contribution in [2.75, 3.05) is 5.32 Å². The molecule has 0 heterocycles. The minimum absolute atomic E-state index is 0.0994. The predicted molar refractivity (Wildman–Crippen MR) is 86.1 cm³/mol. The van der Waals surface area contributed by atoms with Crippen molar-refractivity contribution in [1.29, 1.82) is 0 Å². The summed E-state index contributed by atoms with van der Waals surface area (Å²) in [6, 6.07) is 16.9. The number of hydrogen-bond donors (Lipinski definition) is 1. The summed E-state index contributed by atoms with van der Waals surface area (Å²) < 4.78 is 0. The molecule has 0 bridgehead atoms. The molecule has 0 aliphatic rings. The molecule has 4 heteroatoms. The Balaban J connectivity index is 1.96. The van der Waals surface area contributed by atoms with E-state index in [0.717, 1.165) is 10.6 Å². The fourth-order valence-electron chi connectivity index (χ4n) is 1.47. The highest BCUT2D eigenvalue weighted by molar-refractivity contribution is 8.02. The monoisotopic (exact) mass is 303 g/mol. The number of anilines is 1. The van der Waals surface area contributed by atoms with Gasteiger partial charge in [-0.3, -0.25) is 4.79 Å². The van der Waals surface area contributed by atoms with E-state index in [4.69, 9.17) is 11.6 Å². The van der Waals surface area contributed by atoms with Gasteiger partial charge in [-0.1, -0.05) is 41.6 Å². The summed E-state index contributed by atoms with van der Waals surface area (Å²) in [7, 11) is 0. The van der Waals surface area contributed by atoms with E-state index in [1.54, 1.807) is 6.92 Å². The third-order valence-corrected chi connectivity index (χ3v) is 3.84. The maximum Gasteiger partial charge on any atom is 0.251 e. The Hall–Kier alpha value is -1.71. The third-order valence-electron chi connectivity index (χ3n) is 2.58. The second-order valence-electron chi connectivity index (χ2n) is 4.19. The summed E-state index contributed by atoms with van der Waals surface area (Å²) in [6.45, 7) is 1.79. The van der Waals surface area contributed by atoms with Crippen molar-refractivity contribution >= 4 is 35.0 Å². The zero-order valence-electron chi connectivity index (χ0n) is 11.0. The molecule has 0 fully saturated rings. The van der Waals surface area contributed by atoms with Crippen molar-refractivity contribution in [3.8, 4) is 0 Å². The molecule has 1 N–H and O–H groups in total. The molecule has 0 radical (unpaired) electrons. The van der Waals surface area contributed by atoms with Crippen molar-refractivity contribution < 1.29 is 4.79 Å². The summed E-state index contributed by atoms with van der Waals surface area (Å²) in [4.78, 5) is 13.0. The van der Waals surface area contributed by atoms with Crippen LogP contribution in [0.4, 0.5) is 5.69 Å². The van der Waals surface area contributed by atoms with Crippen molar-refractivity contribution in [1.82, 2.24) is 0 Å². The summed E-state index contributed by atoms with van der Waals surface area (Å²) in [5, 5.41) is 5.39. The number of halogens is 1. The van der Waals surface area contributed by atoms with Gasteiger partial charge >= 0.3 is 0 Å². The topological polar surface area (TPSA) is 29.1 Å². The second kappa shape index (κ2) is 7.17. The maximum absolute atomic E-state index is 12.0. The first-order valence-corrected chi connectivity index (χ1v) is 7.36. The van der Waals surface area contributed by atoms with Crippen LogP contribution < -0.4 is 5.32 Å². The van der Waals surface area contributed by atoms with Crippen LogP contribution in [0.3, 0.4) is 0 Å². The average molecular weight is 304 g/mol. The Kier molecular flexibility index (Phi) is 5.27. The second-order valence-corrected chi connectivity index (χ2v) is 5.57. The lowest BCUT2D eigenvalue weighted by molar-refractivity contribution is -0.112. The summed E-state index contributed by atoms with van der Waals surface area (Å²) in [5.74, 6) is -0.0994. The van der Waals surface area contributed by atoms with Gasteiger partial charge in [0.05, 0.1) is 0 Å². The van der Waals surface area contributed by atoms with Crippen LogP contribution in [0, 0.1) is 0 Å². The molecule has 2 nitrogen and oxygen atoms in total. The molecule has 0 aromatic heterocycles. The summed E-state index contributed by atoms with van der Waals surface area (Å²) in [5.41, 5.74) is 1.45. The van der Waals surface area contributed by atoms with Crippen LogP contribution in [0.25, 0.3) is 0 Å². The Bertz CT molecular complexity index is 608. The van der Waals surface area contributed by atoms with E-state index >= 15 is 0 Å². The molecule has 0 aliphatic heterocycles. The van der Waals surface area contributed by atoms with Crippen LogP contribution in [0.5, 0.6) is 0 Å². The number of hydrogen-bond acceptors (Lipinski definition) is 2. The molecule has 0 unspecified atom stereocenters. The number of carbonyl (C=O) groups is 1. The molecule has 0 saturated carbocycles. The molecule has 1 amide bonds. The molecule has 2 rings (SSSR count). The molecule has 2 aromatic rings. The molecule has 0 spiro atoms. The molecule has 0 aliphatic carbocycles. The van der Waals surface area contributed by atoms with Crippen molar-refractivity contribution in [3.63, 3.8) is 0 Å². The van der Waals surface area contributed by atoms with Gasteiger partial charge in [0.25, 0.3) is 5.91 Å². The van der Waals surface area contributed by atoms with Crippen molar-refractivity contribution in [2.24, 2.45) is 0 Å². The Morgan fingerprint density at radius 2 is 1.75 bits per heavy atom. The number of amides is 1. The number of rotatable bonds is 4. The van der Waals surface area contributed by atoms with E-state index in [0.29, 0.717) is 10.6 Å². The molecule has 2 aromatic carbocycles. The van der Waals surface area contributed by atoms with Gasteiger partial charge in [0.2, 0.25) is 0 Å². The summed E-state index contributed by atoms with van der Waals surface area (Å²) in [6.07, 6.45) is 0. The van der Waals surface area contributed by atoms with Crippen LogP contribution in [-0.2, 0) is 4.79 Å². The fraction of sp³-hybridized carbons (Fsp3) is 0.0625. The zero-order valence-corrected chi connectivity index (χ0v) is 12.5. The number of nitrogens with one attached hydrogen (secondary N) is 1. The molecule has 20 heavy (non-hydrogen) atoms. The zero-order chi connectivity index (χ0) is 14.4. The number of thioether (sulfide) groups is 1. The van der Waals surface area contributed by atoms with Crippen molar-refractivity contribution in [3.05, 3.63) is 70.6 Å². The summed E-state index contributed by atoms with van der Waals surface area (Å²) >= 11 is 7.32. The molecule has 0 saturated heterocycles. The minimum Gasteiger partial charge on any atom is -0.322 e. The normalized spacial score (nSPS) is 11.2. The lowest BCUT2D eigenvalue weighted by Gasteiger charge is -2.05. The lowest BCUT2D eigenvalue weighted by Crippen LogP contribution is -2.12. The minimum atomic E-state index is -0.0994. The Morgan fingerprint density at radius 3 is 2.40 bits per heavy atom. The largest absolute Gasteiger partial charge is 0.322 e. The van der Waals surface area contributed by atoms with Crippen LogP contribution in [0.2, 0.25) is 5.02 Å². The number of para-hydroxylation sites is 1. The fourth-order valence-corrected chi connectivity index (χ4v) is 2.31. The number of carbonyl (C=O) groups excluding carboxylic acids is 1. The van der Waals surface area contributed by atoms with Gasteiger partial charge in [0.1, 0.15) is 0 Å². The Morgan fingerprint density at radius 1 is 1.10 bits per heavy atom. The van der Waals surface area contributed by atoms with Crippen LogP contribution in [0.1, 0.15) is 6.92 Å². The highest BCUT2D eigenvalue weighted by atomic mass is 35.5. The molecule has 102 valence electrons. The Labute approximate surface area is 127 Å². The maximum atomic E-state index is 12.0. The van der Waals surface area contributed by atoms with Gasteiger partial charge in [-0.25, -0.2) is 0 Å². The van der Waals surface area contributed by atoms with E-state index in [9.17, 15) is 4.79 Å². The van der Waals surface area contributed by atoms with Gasteiger partial charge in [-0.15, -0.1) is 0 Å². The first-order chi connectivity index (χ1) is 9.65. The third kappa shape index (κ3) is 4.44.